The van der Waals surface area contributed by atoms with Crippen LogP contribution in [0.15, 0.2) is 63.9 Å². The van der Waals surface area contributed by atoms with E-state index < -0.39 is 27.7 Å². The SMILES string of the molecule is CCCCc1c(NS(=O)(=O)c2ccccc2C)oc2c1=C(C(=O)c1ccccc1)C(=O)C(OC(CC)N(CCCC)CCCC)C=2. The number of carbonyl (C=O) groups excluding carboxylic acids is 2. The van der Waals surface area contributed by atoms with Gasteiger partial charge in [-0.25, -0.2) is 13.1 Å². The molecule has 0 spiro atoms. The van der Waals surface area contributed by atoms with Crippen molar-refractivity contribution in [3.8, 4) is 0 Å². The number of carbonyl (C=O) groups is 2. The third-order valence-electron chi connectivity index (χ3n) is 8.40. The molecule has 1 aromatic heterocycles. The van der Waals surface area contributed by atoms with Gasteiger partial charge < -0.3 is 9.15 Å². The third kappa shape index (κ3) is 8.06. The van der Waals surface area contributed by atoms with Gasteiger partial charge in [0, 0.05) is 29.4 Å². The number of fused-ring (bicyclic) bond motifs is 1. The normalized spacial score (nSPS) is 15.5. The Hall–Kier alpha value is -3.53. The zero-order valence-corrected chi connectivity index (χ0v) is 28.6. The van der Waals surface area contributed by atoms with Crippen molar-refractivity contribution in [2.75, 3.05) is 17.8 Å². The minimum atomic E-state index is -4.03. The lowest BCUT2D eigenvalue weighted by Gasteiger charge is -2.33. The smallest absolute Gasteiger partial charge is 0.264 e. The number of rotatable bonds is 18. The summed E-state index contributed by atoms with van der Waals surface area (Å²) in [5.41, 5.74) is 1.68. The van der Waals surface area contributed by atoms with E-state index in [0.717, 1.165) is 45.2 Å². The Morgan fingerprint density at radius 2 is 1.57 bits per heavy atom. The van der Waals surface area contributed by atoms with E-state index in [4.69, 9.17) is 9.15 Å². The van der Waals surface area contributed by atoms with Crippen molar-refractivity contribution < 1.29 is 27.2 Å². The summed E-state index contributed by atoms with van der Waals surface area (Å²) in [5, 5.41) is 0.344. The number of nitrogens with zero attached hydrogens (tertiary/aromatic N) is 1. The number of aryl methyl sites for hydroxylation is 1. The van der Waals surface area contributed by atoms with Gasteiger partial charge in [0.2, 0.25) is 5.88 Å². The molecular weight excluding hydrogens is 600 g/mol. The topological polar surface area (TPSA) is 106 Å². The molecule has 46 heavy (non-hydrogen) atoms. The number of sulfonamides is 1. The van der Waals surface area contributed by atoms with E-state index in [2.05, 4.69) is 23.5 Å². The number of Topliss-reactive ketones (excluding diaryl/α,β-unsaturated/α-hetero) is 2. The molecule has 1 aliphatic carbocycles. The molecule has 0 saturated heterocycles. The first-order valence-corrected chi connectivity index (χ1v) is 18.1. The Bertz CT molecular complexity index is 1720. The van der Waals surface area contributed by atoms with E-state index in [-0.39, 0.29) is 28.0 Å². The van der Waals surface area contributed by atoms with Crippen LogP contribution in [0.4, 0.5) is 5.88 Å². The lowest BCUT2D eigenvalue weighted by atomic mass is 9.90. The first-order valence-electron chi connectivity index (χ1n) is 16.7. The van der Waals surface area contributed by atoms with Crippen LogP contribution in [0.2, 0.25) is 0 Å². The molecule has 0 fully saturated rings. The monoisotopic (exact) mass is 648 g/mol. The highest BCUT2D eigenvalue weighted by atomic mass is 32.2. The van der Waals surface area contributed by atoms with Crippen molar-refractivity contribution >= 4 is 39.1 Å². The standard InChI is InChI=1S/C37H48N2O6S/c1-6-10-21-28-33-29(45-37(28)38-46(42,43)31-22-17-16-18-26(31)5)25-30(36(41)34(33)35(40)27-19-14-13-15-20-27)44-32(9-4)39(23-11-7-2)24-12-8-3/h13-20,22,25,30,32,38H,6-12,21,23-24H2,1-5H3. The zero-order chi connectivity index (χ0) is 33.3. The van der Waals surface area contributed by atoms with Crippen LogP contribution in [0.25, 0.3) is 11.6 Å². The molecule has 0 aliphatic heterocycles. The number of ketones is 2. The minimum absolute atomic E-state index is 0.0179. The first-order chi connectivity index (χ1) is 22.2. The summed E-state index contributed by atoms with van der Waals surface area (Å²) in [6.45, 7) is 11.8. The summed E-state index contributed by atoms with van der Waals surface area (Å²) in [5.74, 6) is -0.871. The number of anilines is 1. The maximum atomic E-state index is 14.4. The second-order valence-electron chi connectivity index (χ2n) is 11.9. The molecule has 1 heterocycles. The van der Waals surface area contributed by atoms with Crippen LogP contribution in [0.5, 0.6) is 0 Å². The van der Waals surface area contributed by atoms with E-state index in [1.165, 1.54) is 6.07 Å². The fraction of sp³-hybridized carbons (Fsp3) is 0.459. The van der Waals surface area contributed by atoms with Gasteiger partial charge in [-0.3, -0.25) is 14.5 Å². The Kier molecular flexibility index (Phi) is 12.5. The Morgan fingerprint density at radius 3 is 2.17 bits per heavy atom. The zero-order valence-electron chi connectivity index (χ0n) is 27.8. The number of benzene rings is 2. The van der Waals surface area contributed by atoms with E-state index in [1.807, 2.05) is 19.9 Å². The third-order valence-corrected chi connectivity index (χ3v) is 9.89. The van der Waals surface area contributed by atoms with Gasteiger partial charge in [-0.1, -0.05) is 95.5 Å². The van der Waals surface area contributed by atoms with Crippen LogP contribution in [0.3, 0.4) is 0 Å². The summed E-state index contributed by atoms with van der Waals surface area (Å²) in [6, 6.07) is 15.4. The molecule has 3 aromatic rings. The molecule has 2 atom stereocenters. The van der Waals surface area contributed by atoms with Crippen LogP contribution in [0, 0.1) is 6.92 Å². The van der Waals surface area contributed by atoms with Gasteiger partial charge >= 0.3 is 0 Å². The number of hydrogen-bond acceptors (Lipinski definition) is 7. The Morgan fingerprint density at radius 1 is 0.935 bits per heavy atom. The van der Waals surface area contributed by atoms with E-state index in [0.29, 0.717) is 41.2 Å². The van der Waals surface area contributed by atoms with Gasteiger partial charge in [0.1, 0.15) is 17.7 Å². The molecule has 0 saturated carbocycles. The minimum Gasteiger partial charge on any atom is -0.440 e. The summed E-state index contributed by atoms with van der Waals surface area (Å²) in [4.78, 5) is 30.9. The summed E-state index contributed by atoms with van der Waals surface area (Å²) in [7, 11) is -4.03. The maximum Gasteiger partial charge on any atom is 0.264 e. The largest absolute Gasteiger partial charge is 0.440 e. The molecule has 0 bridgehead atoms. The molecule has 4 rings (SSSR count). The molecule has 0 amide bonds. The van der Waals surface area contributed by atoms with E-state index >= 15 is 0 Å². The number of hydrogen-bond donors (Lipinski definition) is 1. The maximum absolute atomic E-state index is 14.4. The molecule has 2 aromatic carbocycles. The summed E-state index contributed by atoms with van der Waals surface area (Å²) in [6.07, 6.45) is 6.87. The lowest BCUT2D eigenvalue weighted by molar-refractivity contribution is -0.133. The van der Waals surface area contributed by atoms with Gasteiger partial charge in [0.05, 0.1) is 10.5 Å². The predicted octanol–water partition coefficient (Wildman–Crippen LogP) is 6.15. The molecule has 2 unspecified atom stereocenters. The van der Waals surface area contributed by atoms with Gasteiger partial charge in [0.25, 0.3) is 10.0 Å². The van der Waals surface area contributed by atoms with Crippen molar-refractivity contribution in [2.45, 2.75) is 103 Å². The second kappa shape index (κ2) is 16.3. The number of furan rings is 1. The molecule has 1 N–H and O–H groups in total. The van der Waals surface area contributed by atoms with Gasteiger partial charge in [-0.2, -0.15) is 0 Å². The molecule has 8 nitrogen and oxygen atoms in total. The Balaban J connectivity index is 1.89. The van der Waals surface area contributed by atoms with Crippen molar-refractivity contribution in [1.82, 2.24) is 4.90 Å². The van der Waals surface area contributed by atoms with Crippen LogP contribution in [-0.4, -0.2) is 50.3 Å². The highest BCUT2D eigenvalue weighted by molar-refractivity contribution is 7.92. The van der Waals surface area contributed by atoms with Gasteiger partial charge in [-0.05, 0) is 56.7 Å². The van der Waals surface area contributed by atoms with Crippen LogP contribution in [0.1, 0.15) is 94.1 Å². The molecule has 9 heteroatoms. The fourth-order valence-electron chi connectivity index (χ4n) is 5.86. The van der Waals surface area contributed by atoms with Crippen LogP contribution in [-0.2, 0) is 26.0 Å². The molecule has 1 aliphatic rings. The van der Waals surface area contributed by atoms with Crippen molar-refractivity contribution in [1.29, 1.82) is 0 Å². The van der Waals surface area contributed by atoms with Crippen molar-refractivity contribution in [2.24, 2.45) is 0 Å². The van der Waals surface area contributed by atoms with Crippen molar-refractivity contribution in [3.05, 3.63) is 81.9 Å². The summed E-state index contributed by atoms with van der Waals surface area (Å²) < 4.78 is 42.7. The average molecular weight is 649 g/mol. The highest BCUT2D eigenvalue weighted by Crippen LogP contribution is 2.25. The van der Waals surface area contributed by atoms with Crippen LogP contribution >= 0.6 is 0 Å². The van der Waals surface area contributed by atoms with E-state index in [1.54, 1.807) is 55.5 Å². The molecule has 248 valence electrons. The summed E-state index contributed by atoms with van der Waals surface area (Å²) >= 11 is 0. The number of ether oxygens (including phenoxy) is 1. The Labute approximate surface area is 273 Å². The number of nitrogens with one attached hydrogen (secondary N) is 1. The fourth-order valence-corrected chi connectivity index (χ4v) is 7.13. The lowest BCUT2D eigenvalue weighted by Crippen LogP contribution is -2.47. The number of unbranched alkanes of at least 4 members (excludes halogenated alkanes) is 3. The second-order valence-corrected chi connectivity index (χ2v) is 13.5. The molecule has 0 radical (unpaired) electrons. The predicted molar refractivity (Wildman–Crippen MR) is 183 cm³/mol. The quantitative estimate of drug-likeness (QED) is 0.130. The molecular formula is C37H48N2O6S. The van der Waals surface area contributed by atoms with Gasteiger partial charge in [0.15, 0.2) is 11.6 Å². The average Bonchev–Trinajstić information content (AvgIpc) is 3.38. The van der Waals surface area contributed by atoms with Gasteiger partial charge in [-0.15, -0.1) is 0 Å². The van der Waals surface area contributed by atoms with Crippen molar-refractivity contribution in [3.63, 3.8) is 0 Å². The highest BCUT2D eigenvalue weighted by Gasteiger charge is 2.36. The van der Waals surface area contributed by atoms with Crippen LogP contribution < -0.4 is 15.4 Å². The van der Waals surface area contributed by atoms with E-state index in [9.17, 15) is 18.0 Å². The first kappa shape index (κ1) is 35.3.